The van der Waals surface area contributed by atoms with Gasteiger partial charge in [-0.3, -0.25) is 19.2 Å². The highest BCUT2D eigenvalue weighted by Crippen LogP contribution is 2.53. The maximum atomic E-state index is 14.7. The molecule has 4 fully saturated rings. The Morgan fingerprint density at radius 2 is 1.50 bits per heavy atom. The van der Waals surface area contributed by atoms with E-state index >= 15 is 0 Å². The van der Waals surface area contributed by atoms with Crippen LogP contribution in [0.4, 0.5) is 4.79 Å². The third-order valence-electron chi connectivity index (χ3n) is 11.7. The van der Waals surface area contributed by atoms with E-state index in [1.54, 1.807) is 25.7 Å². The Labute approximate surface area is 299 Å². The van der Waals surface area contributed by atoms with Crippen LogP contribution in [0.25, 0.3) is 0 Å². The highest BCUT2D eigenvalue weighted by molar-refractivity contribution is 7.92. The zero-order valence-electron chi connectivity index (χ0n) is 31.9. The first kappa shape index (κ1) is 40.1. The number of hydrogen-bond donors (Lipinski definition) is 4. The van der Waals surface area contributed by atoms with Crippen molar-refractivity contribution >= 4 is 39.4 Å². The number of urea groups is 1. The summed E-state index contributed by atoms with van der Waals surface area (Å²) in [5.74, 6) is -2.53. The lowest BCUT2D eigenvalue weighted by molar-refractivity contribution is -0.144. The molecule has 0 radical (unpaired) electrons. The van der Waals surface area contributed by atoms with Gasteiger partial charge in [-0.15, -0.1) is 0 Å². The largest absolute Gasteiger partial charge is 0.347 e. The van der Waals surface area contributed by atoms with Gasteiger partial charge in [-0.1, -0.05) is 67.2 Å². The third-order valence-corrected chi connectivity index (χ3v) is 14.5. The van der Waals surface area contributed by atoms with Crippen molar-refractivity contribution < 1.29 is 32.4 Å². The van der Waals surface area contributed by atoms with Gasteiger partial charge in [-0.05, 0) is 88.4 Å². The Bertz CT molecular complexity index is 1420. The molecule has 1 heterocycles. The highest BCUT2D eigenvalue weighted by Gasteiger charge is 2.57. The SMILES string of the molecule is CCCC(NC(=O)[C@@H]1[C@H]2CCC(C)(C)[C@H]2CN1C(=O)[C@@H](NC(=O)NC1(CS(=O)(=O)C(C)(C)C)CCCCC1)C(C)(C)C)C(=O)C(=O)NC1CC1. The zero-order valence-corrected chi connectivity index (χ0v) is 32.7. The van der Waals surface area contributed by atoms with Crippen LogP contribution in [0.2, 0.25) is 0 Å². The van der Waals surface area contributed by atoms with Gasteiger partial charge in [0.05, 0.1) is 22.1 Å². The fraction of sp³-hybridized carbons (Fsp3) is 0.865. The molecule has 50 heavy (non-hydrogen) atoms. The van der Waals surface area contributed by atoms with E-state index < -0.39 is 73.2 Å². The van der Waals surface area contributed by atoms with Crippen molar-refractivity contribution in [2.45, 2.75) is 167 Å². The summed E-state index contributed by atoms with van der Waals surface area (Å²) in [7, 11) is -3.56. The smallest absolute Gasteiger partial charge is 0.315 e. The number of ketones is 1. The molecule has 4 rings (SSSR count). The second-order valence-electron chi connectivity index (χ2n) is 18.3. The summed E-state index contributed by atoms with van der Waals surface area (Å²) in [4.78, 5) is 70.2. The minimum absolute atomic E-state index is 0.00349. The number of carbonyl (C=O) groups is 5. The minimum Gasteiger partial charge on any atom is -0.347 e. The molecule has 4 aliphatic rings. The van der Waals surface area contributed by atoms with Gasteiger partial charge < -0.3 is 26.2 Å². The lowest BCUT2D eigenvalue weighted by Gasteiger charge is -2.41. The molecule has 0 aromatic carbocycles. The van der Waals surface area contributed by atoms with Gasteiger partial charge >= 0.3 is 6.03 Å². The summed E-state index contributed by atoms with van der Waals surface area (Å²) in [6.07, 6.45) is 7.72. The zero-order chi connectivity index (χ0) is 37.4. The quantitative estimate of drug-likeness (QED) is 0.221. The molecule has 12 nitrogen and oxygen atoms in total. The molecule has 3 saturated carbocycles. The van der Waals surface area contributed by atoms with Crippen LogP contribution in [-0.2, 0) is 29.0 Å². The summed E-state index contributed by atoms with van der Waals surface area (Å²) >= 11 is 0. The number of Topliss-reactive ketones (excluding diaryl/α,β-unsaturated/α-hetero) is 1. The molecule has 0 bridgehead atoms. The summed E-state index contributed by atoms with van der Waals surface area (Å²) in [5, 5.41) is 11.5. The van der Waals surface area contributed by atoms with E-state index in [4.69, 9.17) is 0 Å². The molecular weight excluding hydrogens is 659 g/mol. The summed E-state index contributed by atoms with van der Waals surface area (Å²) in [6, 6.07) is -3.51. The number of hydrogen-bond acceptors (Lipinski definition) is 7. The number of fused-ring (bicyclic) bond motifs is 1. The molecule has 0 spiro atoms. The van der Waals surface area contributed by atoms with E-state index in [1.807, 2.05) is 27.7 Å². The van der Waals surface area contributed by atoms with Gasteiger partial charge in [0, 0.05) is 12.6 Å². The van der Waals surface area contributed by atoms with Crippen LogP contribution in [0.15, 0.2) is 0 Å². The van der Waals surface area contributed by atoms with Crippen molar-refractivity contribution in [2.24, 2.45) is 22.7 Å². The molecule has 4 N–H and O–H groups in total. The minimum atomic E-state index is -3.56. The first-order chi connectivity index (χ1) is 23.0. The van der Waals surface area contributed by atoms with Crippen molar-refractivity contribution in [1.29, 1.82) is 0 Å². The maximum absolute atomic E-state index is 14.7. The summed E-state index contributed by atoms with van der Waals surface area (Å²) in [6.45, 7) is 17.0. The molecule has 1 unspecified atom stereocenters. The van der Waals surface area contributed by atoms with E-state index in [0.29, 0.717) is 32.2 Å². The molecule has 0 aromatic heterocycles. The number of sulfone groups is 1. The van der Waals surface area contributed by atoms with Crippen molar-refractivity contribution in [3.8, 4) is 0 Å². The van der Waals surface area contributed by atoms with Crippen molar-refractivity contribution in [1.82, 2.24) is 26.2 Å². The molecule has 1 saturated heterocycles. The Hall–Kier alpha value is -2.70. The number of likely N-dealkylation sites (tertiary alicyclic amines) is 1. The Kier molecular flexibility index (Phi) is 11.8. The van der Waals surface area contributed by atoms with Crippen LogP contribution in [0.3, 0.4) is 0 Å². The Morgan fingerprint density at radius 3 is 2.04 bits per heavy atom. The average Bonchev–Trinajstić information content (AvgIpc) is 3.64. The first-order valence-corrected chi connectivity index (χ1v) is 20.4. The standard InChI is InChI=1S/C37H63N5O7S/c1-10-14-26(28(43)31(45)38-23-15-16-23)39-30(44)27-24-17-20-36(8,9)25(24)21-42(27)32(46)29(34(2,3)4)40-33(47)41-37(18-12-11-13-19-37)22-50(48,49)35(5,6)7/h23-27,29H,10-22H2,1-9H3,(H,38,45)(H,39,44)(H2,40,41,47)/t24-,25-,26?,27-,29+/m0/s1. The van der Waals surface area contributed by atoms with Crippen LogP contribution in [-0.4, -0.2) is 89.6 Å². The average molecular weight is 722 g/mol. The monoisotopic (exact) mass is 721 g/mol. The molecule has 3 aliphatic carbocycles. The molecule has 13 heteroatoms. The first-order valence-electron chi connectivity index (χ1n) is 18.8. The molecule has 5 atom stereocenters. The van der Waals surface area contributed by atoms with Crippen LogP contribution >= 0.6 is 0 Å². The fourth-order valence-corrected chi connectivity index (χ4v) is 9.70. The molecular formula is C37H63N5O7S. The van der Waals surface area contributed by atoms with Gasteiger partial charge in [0.15, 0.2) is 9.84 Å². The molecule has 1 aliphatic heterocycles. The lowest BCUT2D eigenvalue weighted by Crippen LogP contribution is -2.64. The second kappa shape index (κ2) is 14.7. The van der Waals surface area contributed by atoms with Gasteiger partial charge in [-0.2, -0.15) is 0 Å². The fourth-order valence-electron chi connectivity index (χ4n) is 8.18. The van der Waals surface area contributed by atoms with Crippen molar-refractivity contribution in [3.63, 3.8) is 0 Å². The number of carbonyl (C=O) groups excluding carboxylic acids is 5. The highest BCUT2D eigenvalue weighted by atomic mass is 32.2. The van der Waals surface area contributed by atoms with E-state index in [1.165, 1.54) is 0 Å². The Balaban J connectivity index is 1.59. The number of nitrogens with zero attached hydrogens (tertiary/aromatic N) is 1. The summed E-state index contributed by atoms with van der Waals surface area (Å²) in [5.41, 5.74) is -1.85. The number of amides is 5. The van der Waals surface area contributed by atoms with Crippen molar-refractivity contribution in [3.05, 3.63) is 0 Å². The topological polar surface area (TPSA) is 171 Å². The lowest BCUT2D eigenvalue weighted by atomic mass is 9.79. The van der Waals surface area contributed by atoms with Gasteiger partial charge in [0.1, 0.15) is 12.1 Å². The van der Waals surface area contributed by atoms with Crippen LogP contribution in [0.5, 0.6) is 0 Å². The van der Waals surface area contributed by atoms with E-state index in [0.717, 1.165) is 44.9 Å². The van der Waals surface area contributed by atoms with Crippen LogP contribution in [0.1, 0.15) is 133 Å². The van der Waals surface area contributed by atoms with Gasteiger partial charge in [0.25, 0.3) is 5.91 Å². The normalized spacial score (nSPS) is 25.9. The van der Waals surface area contributed by atoms with E-state index in [-0.39, 0.29) is 29.0 Å². The van der Waals surface area contributed by atoms with Crippen molar-refractivity contribution in [2.75, 3.05) is 12.3 Å². The molecule has 284 valence electrons. The molecule has 0 aromatic rings. The number of nitrogens with one attached hydrogen (secondary N) is 4. The predicted molar refractivity (Wildman–Crippen MR) is 193 cm³/mol. The maximum Gasteiger partial charge on any atom is 0.315 e. The van der Waals surface area contributed by atoms with E-state index in [2.05, 4.69) is 35.1 Å². The number of rotatable bonds is 12. The predicted octanol–water partition coefficient (Wildman–Crippen LogP) is 4.01. The van der Waals surface area contributed by atoms with Gasteiger partial charge in [0.2, 0.25) is 17.6 Å². The summed E-state index contributed by atoms with van der Waals surface area (Å²) < 4.78 is 25.7. The second-order valence-corrected chi connectivity index (χ2v) is 21.0. The molecule has 5 amide bonds. The Morgan fingerprint density at radius 1 is 0.880 bits per heavy atom. The van der Waals surface area contributed by atoms with Gasteiger partial charge in [-0.25, -0.2) is 13.2 Å². The third kappa shape index (κ3) is 9.02. The van der Waals surface area contributed by atoms with Crippen LogP contribution < -0.4 is 21.3 Å². The van der Waals surface area contributed by atoms with Crippen LogP contribution in [0, 0.1) is 22.7 Å². The van der Waals surface area contributed by atoms with E-state index in [9.17, 15) is 32.4 Å².